The van der Waals surface area contributed by atoms with Gasteiger partial charge in [0.05, 0.1) is 4.90 Å². The number of hydrogen-bond acceptors (Lipinski definition) is 5. The van der Waals surface area contributed by atoms with Crippen LogP contribution in [-0.2, 0) is 21.2 Å². The van der Waals surface area contributed by atoms with E-state index in [-0.39, 0.29) is 16.3 Å². The molecule has 0 aliphatic rings. The van der Waals surface area contributed by atoms with Gasteiger partial charge in [0.15, 0.2) is 0 Å². The summed E-state index contributed by atoms with van der Waals surface area (Å²) < 4.78 is 26.2. The molecule has 3 rings (SSSR count). The quantitative estimate of drug-likeness (QED) is 0.644. The summed E-state index contributed by atoms with van der Waals surface area (Å²) in [6.45, 7) is 2.07. The summed E-state index contributed by atoms with van der Waals surface area (Å²) in [4.78, 5) is 17.3. The average molecular weight is 399 g/mol. The molecule has 2 heterocycles. The molecule has 0 saturated heterocycles. The van der Waals surface area contributed by atoms with E-state index in [2.05, 4.69) is 10.3 Å². The van der Waals surface area contributed by atoms with E-state index in [4.69, 9.17) is 0 Å². The highest BCUT2D eigenvalue weighted by Gasteiger charge is 2.27. The van der Waals surface area contributed by atoms with E-state index >= 15 is 0 Å². The van der Waals surface area contributed by atoms with E-state index in [1.165, 1.54) is 29.5 Å². The Balaban J connectivity index is 1.96. The number of thiophene rings is 1. The summed E-state index contributed by atoms with van der Waals surface area (Å²) in [7, 11) is -3.96. The minimum absolute atomic E-state index is 0.0852. The normalized spacial score (nSPS) is 12.0. The van der Waals surface area contributed by atoms with Crippen LogP contribution in [0, 0.1) is 6.92 Å². The number of carbonyl (C=O) groups is 1. The number of amides is 1. The zero-order chi connectivity index (χ0) is 19.3. The lowest BCUT2D eigenvalue weighted by molar-refractivity contribution is -0.116. The van der Waals surface area contributed by atoms with Gasteiger partial charge >= 0.3 is 0 Å². The molecule has 0 aliphatic heterocycles. The first-order valence-electron chi connectivity index (χ1n) is 8.21. The van der Waals surface area contributed by atoms with Crippen LogP contribution in [0.3, 0.4) is 0 Å². The Morgan fingerprint density at radius 2 is 1.93 bits per heavy atom. The molecule has 0 fully saturated rings. The van der Waals surface area contributed by atoms with Crippen molar-refractivity contribution in [1.82, 2.24) is 10.3 Å². The lowest BCUT2D eigenvalue weighted by Crippen LogP contribution is -2.28. The minimum Gasteiger partial charge on any atom is -0.347 e. The van der Waals surface area contributed by atoms with Crippen LogP contribution in [0.4, 0.5) is 0 Å². The van der Waals surface area contributed by atoms with Crippen LogP contribution in [0.15, 0.2) is 76.1 Å². The first-order valence-corrected chi connectivity index (χ1v) is 10.6. The maximum absolute atomic E-state index is 13.1. The zero-order valence-electron chi connectivity index (χ0n) is 14.6. The van der Waals surface area contributed by atoms with Crippen molar-refractivity contribution in [2.75, 3.05) is 0 Å². The van der Waals surface area contributed by atoms with Crippen LogP contribution >= 0.6 is 11.3 Å². The van der Waals surface area contributed by atoms with Crippen molar-refractivity contribution < 1.29 is 13.2 Å². The first-order chi connectivity index (χ1) is 13.0. The Kier molecular flexibility index (Phi) is 5.83. The smallest absolute Gasteiger partial charge is 0.263 e. The van der Waals surface area contributed by atoms with Gasteiger partial charge in [-0.1, -0.05) is 24.3 Å². The van der Waals surface area contributed by atoms with Gasteiger partial charge in [-0.2, -0.15) is 0 Å². The summed E-state index contributed by atoms with van der Waals surface area (Å²) >= 11 is 1.39. The number of sulfone groups is 1. The summed E-state index contributed by atoms with van der Waals surface area (Å²) in [5.74, 6) is -0.643. The van der Waals surface area contributed by atoms with Crippen molar-refractivity contribution in [2.24, 2.45) is 0 Å². The second kappa shape index (κ2) is 8.28. The molecule has 7 heteroatoms. The average Bonchev–Trinajstić information content (AvgIpc) is 3.10. The van der Waals surface area contributed by atoms with Crippen molar-refractivity contribution in [3.63, 3.8) is 0 Å². The van der Waals surface area contributed by atoms with Crippen molar-refractivity contribution in [1.29, 1.82) is 0 Å². The van der Waals surface area contributed by atoms with Gasteiger partial charge in [0.2, 0.25) is 9.84 Å². The van der Waals surface area contributed by atoms with Crippen molar-refractivity contribution in [3.8, 4) is 0 Å². The van der Waals surface area contributed by atoms with E-state index in [1.807, 2.05) is 24.4 Å². The molecular weight excluding hydrogens is 380 g/mol. The number of nitrogens with one attached hydrogen (secondary N) is 1. The molecule has 3 aromatic rings. The Hall–Kier alpha value is -2.77. The maximum atomic E-state index is 13.1. The molecule has 1 N–H and O–H groups in total. The standard InChI is InChI=1S/C20H18N2O3S2/c1-15-9-11-26-18(15)12-19(27(24,25)17-7-3-2-4-8-17)20(23)22-14-16-6-5-10-21-13-16/h2-13H,14H2,1H3,(H,22,23). The predicted octanol–water partition coefficient (Wildman–Crippen LogP) is 3.58. The SMILES string of the molecule is Cc1ccsc1C=C(C(=O)NCc1cccnc1)S(=O)(=O)c1ccccc1. The molecule has 0 aliphatic carbocycles. The number of hydrogen-bond donors (Lipinski definition) is 1. The molecule has 0 bridgehead atoms. The van der Waals surface area contributed by atoms with Crippen LogP contribution < -0.4 is 5.32 Å². The maximum Gasteiger partial charge on any atom is 0.263 e. The molecule has 0 saturated carbocycles. The van der Waals surface area contributed by atoms with Crippen LogP contribution in [0.25, 0.3) is 6.08 Å². The van der Waals surface area contributed by atoms with Crippen LogP contribution in [0.5, 0.6) is 0 Å². The Bertz CT molecular complexity index is 1060. The molecule has 27 heavy (non-hydrogen) atoms. The number of carbonyl (C=O) groups excluding carboxylic acids is 1. The number of nitrogens with zero attached hydrogens (tertiary/aromatic N) is 1. The van der Waals surface area contributed by atoms with Gasteiger partial charge in [0.25, 0.3) is 5.91 Å². The second-order valence-corrected chi connectivity index (χ2v) is 8.70. The molecule has 0 radical (unpaired) electrons. The third-order valence-corrected chi connectivity index (χ3v) is 6.65. The summed E-state index contributed by atoms with van der Waals surface area (Å²) in [5, 5.41) is 4.55. The van der Waals surface area contributed by atoms with E-state index in [0.29, 0.717) is 0 Å². The Labute approximate surface area is 162 Å². The number of aryl methyl sites for hydroxylation is 1. The Morgan fingerprint density at radius 1 is 1.15 bits per heavy atom. The van der Waals surface area contributed by atoms with E-state index in [0.717, 1.165) is 16.0 Å². The topological polar surface area (TPSA) is 76.1 Å². The molecular formula is C20H18N2O3S2. The summed E-state index contributed by atoms with van der Waals surface area (Å²) in [6, 6.07) is 13.4. The van der Waals surface area contributed by atoms with E-state index in [9.17, 15) is 13.2 Å². The third-order valence-electron chi connectivity index (χ3n) is 3.91. The highest BCUT2D eigenvalue weighted by Crippen LogP contribution is 2.25. The highest BCUT2D eigenvalue weighted by atomic mass is 32.2. The largest absolute Gasteiger partial charge is 0.347 e. The zero-order valence-corrected chi connectivity index (χ0v) is 16.3. The summed E-state index contributed by atoms with van der Waals surface area (Å²) in [5.41, 5.74) is 1.70. The van der Waals surface area contributed by atoms with Crippen molar-refractivity contribution in [2.45, 2.75) is 18.4 Å². The first kappa shape index (κ1) is 19.0. The molecule has 138 valence electrons. The van der Waals surface area contributed by atoms with Crippen LogP contribution in [0.1, 0.15) is 16.0 Å². The Morgan fingerprint density at radius 3 is 2.56 bits per heavy atom. The highest BCUT2D eigenvalue weighted by molar-refractivity contribution is 7.96. The molecule has 1 aromatic carbocycles. The van der Waals surface area contributed by atoms with Gasteiger partial charge < -0.3 is 5.32 Å². The number of benzene rings is 1. The number of aromatic nitrogens is 1. The van der Waals surface area contributed by atoms with Gasteiger partial charge in [-0.3, -0.25) is 9.78 Å². The lowest BCUT2D eigenvalue weighted by atomic mass is 10.2. The fourth-order valence-electron chi connectivity index (χ4n) is 2.42. The van der Waals surface area contributed by atoms with Gasteiger partial charge in [-0.25, -0.2) is 8.42 Å². The van der Waals surface area contributed by atoms with Crippen molar-refractivity contribution in [3.05, 3.63) is 87.2 Å². The molecule has 0 spiro atoms. The fourth-order valence-corrected chi connectivity index (χ4v) is 4.71. The van der Waals surface area contributed by atoms with Crippen molar-refractivity contribution >= 4 is 33.2 Å². The van der Waals surface area contributed by atoms with E-state index in [1.54, 1.807) is 36.7 Å². The molecule has 2 aromatic heterocycles. The van der Waals surface area contributed by atoms with Crippen LogP contribution in [0.2, 0.25) is 0 Å². The monoisotopic (exact) mass is 398 g/mol. The van der Waals surface area contributed by atoms with Gasteiger partial charge in [-0.05, 0) is 53.8 Å². The van der Waals surface area contributed by atoms with Crippen LogP contribution in [-0.4, -0.2) is 19.3 Å². The molecule has 5 nitrogen and oxygen atoms in total. The lowest BCUT2D eigenvalue weighted by Gasteiger charge is -2.10. The molecule has 0 atom stereocenters. The fraction of sp³-hybridized carbons (Fsp3) is 0.100. The second-order valence-electron chi connectivity index (χ2n) is 5.84. The van der Waals surface area contributed by atoms with Gasteiger partial charge in [0, 0.05) is 23.8 Å². The predicted molar refractivity (Wildman–Crippen MR) is 107 cm³/mol. The van der Waals surface area contributed by atoms with E-state index < -0.39 is 15.7 Å². The third kappa shape index (κ3) is 4.50. The summed E-state index contributed by atoms with van der Waals surface area (Å²) in [6.07, 6.45) is 4.70. The number of rotatable bonds is 6. The minimum atomic E-state index is -3.96. The molecule has 1 amide bonds. The molecule has 0 unspecified atom stereocenters. The number of pyridine rings is 1. The van der Waals surface area contributed by atoms with Gasteiger partial charge in [-0.15, -0.1) is 11.3 Å². The van der Waals surface area contributed by atoms with Gasteiger partial charge in [0.1, 0.15) is 4.91 Å².